The maximum Gasteiger partial charge on any atom is 0.130 e. The zero-order valence-corrected chi connectivity index (χ0v) is 11.5. The molecule has 100 valence electrons. The monoisotopic (exact) mass is 256 g/mol. The maximum atomic E-state index is 5.73. The molecule has 0 radical (unpaired) electrons. The summed E-state index contributed by atoms with van der Waals surface area (Å²) >= 11 is 0. The van der Waals surface area contributed by atoms with Gasteiger partial charge in [-0.15, -0.1) is 0 Å². The fourth-order valence-corrected chi connectivity index (χ4v) is 1.85. The van der Waals surface area contributed by atoms with Gasteiger partial charge in [-0.1, -0.05) is 19.1 Å². The number of ether oxygens (including phenoxy) is 1. The maximum absolute atomic E-state index is 5.73. The Hall–Kier alpha value is -2.03. The van der Waals surface area contributed by atoms with Gasteiger partial charge < -0.3 is 10.1 Å². The number of aromatic nitrogens is 1. The molecule has 3 nitrogen and oxygen atoms in total. The smallest absolute Gasteiger partial charge is 0.130 e. The van der Waals surface area contributed by atoms with E-state index in [1.54, 1.807) is 6.20 Å². The van der Waals surface area contributed by atoms with E-state index in [4.69, 9.17) is 4.74 Å². The molecule has 3 heteroatoms. The van der Waals surface area contributed by atoms with Crippen LogP contribution in [0.5, 0.6) is 5.75 Å². The first kappa shape index (κ1) is 13.4. The van der Waals surface area contributed by atoms with Crippen LogP contribution in [-0.2, 0) is 13.0 Å². The minimum atomic E-state index is 0.491. The molecule has 19 heavy (non-hydrogen) atoms. The van der Waals surface area contributed by atoms with E-state index in [0.717, 1.165) is 30.1 Å². The van der Waals surface area contributed by atoms with E-state index in [9.17, 15) is 0 Å². The summed E-state index contributed by atoms with van der Waals surface area (Å²) in [5.41, 5.74) is 3.33. The molecular weight excluding hydrogens is 236 g/mol. The number of pyridine rings is 1. The zero-order chi connectivity index (χ0) is 13.5. The van der Waals surface area contributed by atoms with E-state index in [2.05, 4.69) is 36.3 Å². The lowest BCUT2D eigenvalue weighted by Gasteiger charge is -2.08. The van der Waals surface area contributed by atoms with Crippen molar-refractivity contribution in [1.29, 1.82) is 0 Å². The van der Waals surface area contributed by atoms with Gasteiger partial charge in [-0.25, -0.2) is 0 Å². The van der Waals surface area contributed by atoms with E-state index in [1.165, 1.54) is 5.56 Å². The molecule has 2 aromatic rings. The zero-order valence-electron chi connectivity index (χ0n) is 11.5. The summed E-state index contributed by atoms with van der Waals surface area (Å²) in [6, 6.07) is 12.2. The van der Waals surface area contributed by atoms with Crippen molar-refractivity contribution in [2.45, 2.75) is 26.9 Å². The van der Waals surface area contributed by atoms with E-state index in [-0.39, 0.29) is 0 Å². The Bertz CT molecular complexity index is 508. The van der Waals surface area contributed by atoms with Crippen LogP contribution in [-0.4, -0.2) is 11.5 Å². The number of nitrogens with zero attached hydrogens (tertiary/aromatic N) is 1. The van der Waals surface area contributed by atoms with Crippen LogP contribution in [0.15, 0.2) is 42.6 Å². The Balaban J connectivity index is 1.95. The van der Waals surface area contributed by atoms with E-state index in [0.29, 0.717) is 6.61 Å². The highest BCUT2D eigenvalue weighted by Crippen LogP contribution is 2.15. The van der Waals surface area contributed by atoms with Crippen molar-refractivity contribution in [3.05, 3.63) is 53.9 Å². The van der Waals surface area contributed by atoms with Gasteiger partial charge in [0.1, 0.15) is 12.4 Å². The number of benzene rings is 1. The van der Waals surface area contributed by atoms with Crippen molar-refractivity contribution in [3.8, 4) is 5.75 Å². The van der Waals surface area contributed by atoms with Crippen molar-refractivity contribution >= 4 is 5.69 Å². The molecule has 1 N–H and O–H groups in total. The standard InChI is InChI=1S/C16H20N2O/c1-3-13-5-7-16(8-6-13)19-12-15-11-14(17-4-2)9-10-18-15/h5-11H,3-4,12H2,1-2H3,(H,17,18). The van der Waals surface area contributed by atoms with Crippen LogP contribution in [0.25, 0.3) is 0 Å². The first-order valence-corrected chi connectivity index (χ1v) is 6.72. The number of aryl methyl sites for hydroxylation is 1. The predicted octanol–water partition coefficient (Wildman–Crippen LogP) is 3.65. The molecular formula is C16H20N2O. The van der Waals surface area contributed by atoms with Crippen molar-refractivity contribution in [2.75, 3.05) is 11.9 Å². The molecule has 2 rings (SSSR count). The summed E-state index contributed by atoms with van der Waals surface area (Å²) in [6.07, 6.45) is 2.85. The first-order valence-electron chi connectivity index (χ1n) is 6.72. The lowest BCUT2D eigenvalue weighted by Crippen LogP contribution is -2.01. The Morgan fingerprint density at radius 3 is 2.58 bits per heavy atom. The molecule has 0 unspecified atom stereocenters. The fourth-order valence-electron chi connectivity index (χ4n) is 1.85. The second kappa shape index (κ2) is 6.78. The average molecular weight is 256 g/mol. The third kappa shape index (κ3) is 3.98. The summed E-state index contributed by atoms with van der Waals surface area (Å²) in [5, 5.41) is 3.27. The Morgan fingerprint density at radius 2 is 1.89 bits per heavy atom. The molecule has 0 atom stereocenters. The minimum Gasteiger partial charge on any atom is -0.487 e. The SMILES string of the molecule is CCNc1ccnc(COc2ccc(CC)cc2)c1. The lowest BCUT2D eigenvalue weighted by molar-refractivity contribution is 0.301. The fraction of sp³-hybridized carbons (Fsp3) is 0.312. The van der Waals surface area contributed by atoms with Gasteiger partial charge in [0.2, 0.25) is 0 Å². The average Bonchev–Trinajstić information content (AvgIpc) is 2.46. The molecule has 0 aliphatic carbocycles. The summed E-state index contributed by atoms with van der Waals surface area (Å²) in [4.78, 5) is 4.31. The normalized spacial score (nSPS) is 10.2. The van der Waals surface area contributed by atoms with Gasteiger partial charge in [0.15, 0.2) is 0 Å². The summed E-state index contributed by atoms with van der Waals surface area (Å²) in [7, 11) is 0. The quantitative estimate of drug-likeness (QED) is 0.856. The third-order valence-corrected chi connectivity index (χ3v) is 2.92. The lowest BCUT2D eigenvalue weighted by atomic mass is 10.2. The van der Waals surface area contributed by atoms with Crippen molar-refractivity contribution < 1.29 is 4.74 Å². The number of anilines is 1. The summed E-state index contributed by atoms with van der Waals surface area (Å²) in [6.45, 7) is 5.62. The predicted molar refractivity (Wildman–Crippen MR) is 78.6 cm³/mol. The molecule has 1 aromatic heterocycles. The van der Waals surface area contributed by atoms with Crippen molar-refractivity contribution in [3.63, 3.8) is 0 Å². The van der Waals surface area contributed by atoms with Crippen LogP contribution >= 0.6 is 0 Å². The van der Waals surface area contributed by atoms with Crippen molar-refractivity contribution in [2.24, 2.45) is 0 Å². The Kier molecular flexibility index (Phi) is 4.78. The van der Waals surface area contributed by atoms with Gasteiger partial charge in [0.25, 0.3) is 0 Å². The number of hydrogen-bond acceptors (Lipinski definition) is 3. The topological polar surface area (TPSA) is 34.2 Å². The van der Waals surface area contributed by atoms with Gasteiger partial charge in [0, 0.05) is 18.4 Å². The molecule has 0 aliphatic rings. The molecule has 1 aromatic carbocycles. The molecule has 0 saturated heterocycles. The largest absolute Gasteiger partial charge is 0.487 e. The van der Waals surface area contributed by atoms with Crippen LogP contribution in [0.3, 0.4) is 0 Å². The molecule has 0 spiro atoms. The van der Waals surface area contributed by atoms with Crippen LogP contribution in [0.1, 0.15) is 25.1 Å². The minimum absolute atomic E-state index is 0.491. The molecule has 1 heterocycles. The summed E-state index contributed by atoms with van der Waals surface area (Å²) < 4.78 is 5.73. The highest BCUT2D eigenvalue weighted by molar-refractivity contribution is 5.42. The number of nitrogens with one attached hydrogen (secondary N) is 1. The third-order valence-electron chi connectivity index (χ3n) is 2.92. The van der Waals surface area contributed by atoms with E-state index < -0.39 is 0 Å². The second-order valence-electron chi connectivity index (χ2n) is 4.35. The van der Waals surface area contributed by atoms with Gasteiger partial charge in [-0.05, 0) is 43.2 Å². The number of hydrogen-bond donors (Lipinski definition) is 1. The van der Waals surface area contributed by atoms with Crippen LogP contribution < -0.4 is 10.1 Å². The van der Waals surface area contributed by atoms with Crippen molar-refractivity contribution in [1.82, 2.24) is 4.98 Å². The number of rotatable bonds is 6. The van der Waals surface area contributed by atoms with Gasteiger partial charge in [-0.2, -0.15) is 0 Å². The Morgan fingerprint density at radius 1 is 1.11 bits per heavy atom. The summed E-state index contributed by atoms with van der Waals surface area (Å²) in [5.74, 6) is 0.882. The molecule has 0 aliphatic heterocycles. The molecule has 0 bridgehead atoms. The van der Waals surface area contributed by atoms with E-state index in [1.807, 2.05) is 24.3 Å². The highest BCUT2D eigenvalue weighted by Gasteiger charge is 1.99. The van der Waals surface area contributed by atoms with E-state index >= 15 is 0 Å². The second-order valence-corrected chi connectivity index (χ2v) is 4.35. The van der Waals surface area contributed by atoms with Gasteiger partial charge in [0.05, 0.1) is 5.69 Å². The van der Waals surface area contributed by atoms with Crippen LogP contribution in [0.2, 0.25) is 0 Å². The Labute approximate surface area is 114 Å². The van der Waals surface area contributed by atoms with Gasteiger partial charge >= 0.3 is 0 Å². The molecule has 0 saturated carbocycles. The molecule has 0 fully saturated rings. The highest BCUT2D eigenvalue weighted by atomic mass is 16.5. The van der Waals surface area contributed by atoms with Gasteiger partial charge in [-0.3, -0.25) is 4.98 Å². The van der Waals surface area contributed by atoms with Crippen LogP contribution in [0.4, 0.5) is 5.69 Å². The molecule has 0 amide bonds. The first-order chi connectivity index (χ1) is 9.31. The van der Waals surface area contributed by atoms with Crippen LogP contribution in [0, 0.1) is 0 Å².